The minimum atomic E-state index is -4.87. The number of sulfonamides is 2. The van der Waals surface area contributed by atoms with Crippen LogP contribution in [0.2, 0.25) is 0 Å². The number of benzene rings is 2. The van der Waals surface area contributed by atoms with Crippen molar-refractivity contribution in [3.8, 4) is 34.8 Å². The van der Waals surface area contributed by atoms with E-state index >= 15 is 0 Å². The van der Waals surface area contributed by atoms with Gasteiger partial charge in [-0.05, 0) is 201 Å². The van der Waals surface area contributed by atoms with Gasteiger partial charge in [0, 0.05) is 48.8 Å². The number of aromatic nitrogens is 2. The average Bonchev–Trinajstić information content (AvgIpc) is 1.57. The summed E-state index contributed by atoms with van der Waals surface area (Å²) in [6, 6.07) is 7.98. The maximum Gasteiger partial charge on any atom is 0.427 e. The van der Waals surface area contributed by atoms with E-state index in [1.807, 2.05) is 38.2 Å². The zero-order valence-electron chi connectivity index (χ0n) is 69.0. The smallest absolute Gasteiger partial charge is 0.427 e. The van der Waals surface area contributed by atoms with Crippen LogP contribution in [0.25, 0.3) is 21.5 Å². The number of nitrogens with zero attached hydrogens (tertiary/aromatic N) is 4. The summed E-state index contributed by atoms with van der Waals surface area (Å²) in [6.45, 7) is 13.2. The number of rotatable bonds is 20. The van der Waals surface area contributed by atoms with Gasteiger partial charge < -0.3 is 47.7 Å². The molecule has 4 aliphatic heterocycles. The molecule has 6 heterocycles. The van der Waals surface area contributed by atoms with Crippen molar-refractivity contribution in [3.63, 3.8) is 0 Å². The van der Waals surface area contributed by atoms with Gasteiger partial charge in [0.25, 0.3) is 0 Å². The number of carbonyl (C=O) groups excluding carboxylic acids is 8. The van der Waals surface area contributed by atoms with E-state index in [0.29, 0.717) is 109 Å². The number of esters is 2. The molecule has 4 aliphatic carbocycles. The number of amides is 4. The molecule has 118 heavy (non-hydrogen) atoms. The van der Waals surface area contributed by atoms with Crippen molar-refractivity contribution in [2.75, 3.05) is 41.5 Å². The van der Waals surface area contributed by atoms with Crippen LogP contribution in [0.3, 0.4) is 0 Å². The molecular formula is C84H108F6N6O20S2. The van der Waals surface area contributed by atoms with Crippen molar-refractivity contribution in [2.24, 2.45) is 58.2 Å². The van der Waals surface area contributed by atoms with Gasteiger partial charge in [0.1, 0.15) is 12.2 Å². The standard InChI is InChI=1S/2C42H54F3N3O10S/c2*1-24-10-8-9-11-27-21-41(27,38(52)47-59(53,54)40(5)13-14-40)22-32(49)31-18-28(57-36-30-19-34(56-7)33(55-6)17-26(30)12-15-46-36)23-48(31)37(51)29(25(2)16-24)20-35(50)58-39(3,4)42(43,44)45/h2*9,11-12,15,17,19,24-25,27-29,31H,8,10,13-14,16,18,20-23H2,1-7H3,(H,47,52)/b2*11-9-/t24-,25+,27+,28+,29-,31-,41+;24-,25-,27-,28-,29+,31+,41-/m01/s1. The lowest BCUT2D eigenvalue weighted by Gasteiger charge is -2.33. The predicted molar refractivity (Wildman–Crippen MR) is 420 cm³/mol. The molecule has 0 bridgehead atoms. The van der Waals surface area contributed by atoms with Crippen molar-refractivity contribution < 1.29 is 119 Å². The molecule has 0 unspecified atom stereocenters. The van der Waals surface area contributed by atoms with Crippen LogP contribution in [0.5, 0.6) is 34.8 Å². The van der Waals surface area contributed by atoms with Gasteiger partial charge in [0.05, 0.1) is 98.6 Å². The lowest BCUT2D eigenvalue weighted by molar-refractivity contribution is -0.257. The summed E-state index contributed by atoms with van der Waals surface area (Å²) in [5.74, 6) is -8.44. The first-order valence-electron chi connectivity index (χ1n) is 40.1. The topological polar surface area (TPSA) is 335 Å². The average molecular weight is 1700 g/mol. The van der Waals surface area contributed by atoms with Crippen LogP contribution < -0.4 is 37.9 Å². The molecule has 34 heteroatoms. The number of halogens is 6. The molecule has 26 nitrogen and oxygen atoms in total. The highest BCUT2D eigenvalue weighted by molar-refractivity contribution is 7.92. The molecule has 0 radical (unpaired) electrons. The summed E-state index contributed by atoms with van der Waals surface area (Å²) in [5, 5.41) is 2.51. The summed E-state index contributed by atoms with van der Waals surface area (Å²) in [4.78, 5) is 125. The summed E-state index contributed by atoms with van der Waals surface area (Å²) in [7, 11) is -2.12. The number of ether oxygens (including phenoxy) is 8. The van der Waals surface area contributed by atoms with E-state index in [-0.39, 0.29) is 75.2 Å². The highest BCUT2D eigenvalue weighted by Gasteiger charge is 2.65. The van der Waals surface area contributed by atoms with E-state index in [1.165, 1.54) is 50.6 Å². The summed E-state index contributed by atoms with van der Waals surface area (Å²) >= 11 is 0. The third-order valence-corrected chi connectivity index (χ3v) is 29.8. The first-order valence-corrected chi connectivity index (χ1v) is 43.1. The number of nitrogens with one attached hydrogen (secondary N) is 2. The molecule has 2 saturated heterocycles. The van der Waals surface area contributed by atoms with Gasteiger partial charge in [-0.3, -0.25) is 47.8 Å². The van der Waals surface area contributed by atoms with Crippen molar-refractivity contribution in [1.82, 2.24) is 29.2 Å². The molecule has 8 aliphatic rings. The number of pyridine rings is 2. The van der Waals surface area contributed by atoms with E-state index in [0.717, 1.165) is 27.7 Å². The van der Waals surface area contributed by atoms with E-state index in [2.05, 4.69) is 19.4 Å². The number of methoxy groups -OCH3 is 4. The number of Topliss-reactive ketones (excluding diaryl/α,β-unsaturated/α-hetero) is 2. The number of ketones is 2. The molecule has 4 amide bonds. The molecule has 12 rings (SSSR count). The normalized spacial score (nSPS) is 29.3. The summed E-state index contributed by atoms with van der Waals surface area (Å²) < 4.78 is 183. The monoisotopic (exact) mass is 1700 g/mol. The number of hydrogen-bond acceptors (Lipinski definition) is 22. The van der Waals surface area contributed by atoms with E-state index in [9.17, 15) is 81.5 Å². The van der Waals surface area contributed by atoms with Gasteiger partial charge in [-0.15, -0.1) is 0 Å². The van der Waals surface area contributed by atoms with Gasteiger partial charge >= 0.3 is 24.3 Å². The molecule has 6 fully saturated rings. The van der Waals surface area contributed by atoms with Gasteiger partial charge in [-0.2, -0.15) is 26.3 Å². The fourth-order valence-corrected chi connectivity index (χ4v) is 19.4. The van der Waals surface area contributed by atoms with E-state index in [1.54, 1.807) is 64.1 Å². The minimum absolute atomic E-state index is 0.00884. The number of allylic oxidation sites excluding steroid dienone is 4. The Balaban J connectivity index is 0.000000231. The molecular weight excluding hydrogens is 1590 g/mol. The van der Waals surface area contributed by atoms with Crippen LogP contribution in [0.4, 0.5) is 26.3 Å². The van der Waals surface area contributed by atoms with Crippen LogP contribution in [0.15, 0.2) is 73.1 Å². The third-order valence-electron chi connectivity index (χ3n) is 25.5. The molecule has 2 aromatic heterocycles. The van der Waals surface area contributed by atoms with Gasteiger partial charge in [-0.1, -0.05) is 52.0 Å². The van der Waals surface area contributed by atoms with Crippen LogP contribution >= 0.6 is 0 Å². The Labute approximate surface area is 683 Å². The van der Waals surface area contributed by atoms with Crippen LogP contribution in [-0.4, -0.2) is 183 Å². The third kappa shape index (κ3) is 19.2. The molecule has 2 N–H and O–H groups in total. The maximum absolute atomic E-state index is 14.9. The van der Waals surface area contributed by atoms with Crippen LogP contribution in [-0.2, 0) is 67.9 Å². The molecule has 648 valence electrons. The number of carbonyl (C=O) groups is 8. The fourth-order valence-electron chi connectivity index (χ4n) is 16.7. The largest absolute Gasteiger partial charge is 0.493 e. The van der Waals surface area contributed by atoms with Gasteiger partial charge in [0.2, 0.25) is 66.6 Å². The molecule has 0 spiro atoms. The maximum atomic E-state index is 14.9. The Morgan fingerprint density at radius 1 is 0.525 bits per heavy atom. The highest BCUT2D eigenvalue weighted by atomic mass is 32.2. The number of alkyl halides is 6. The fraction of sp³-hybridized carbons (Fsp3) is 0.643. The SMILES string of the molecule is COc1cc2ccnc(O[C@@H]3C[C@H]4C(=O)C[C@]5(C(=O)NS(=O)(=O)C6(C)CC6)C[C@H]5/C=C\CC[C@@H](C)C[C@@H](C)[C@H](CC(=O)OC(C)(C)C(F)(F)F)C(=O)N4C3)c2cc1OC.COc1cc2ccnc(O[C@@H]3C[C@H]4C(=O)C[C@]5(C(=O)NS(=O)(=O)C6(C)CC6)C[C@H]5/C=C\CC[C@H](C)C[C@@H](C)[C@H](CC(=O)OC(C)(C)C(F)(F)F)C(=O)N4C3)c2cc1OC. The lowest BCUT2D eigenvalue weighted by atomic mass is 9.82. The number of fused-ring (bicyclic) bond motifs is 6. The van der Waals surface area contributed by atoms with Crippen molar-refractivity contribution in [2.45, 2.75) is 242 Å². The second-order valence-corrected chi connectivity index (χ2v) is 39.7. The van der Waals surface area contributed by atoms with Crippen LogP contribution in [0.1, 0.15) is 185 Å². The van der Waals surface area contributed by atoms with Crippen molar-refractivity contribution in [1.29, 1.82) is 0 Å². The second-order valence-electron chi connectivity index (χ2n) is 35.3. The minimum Gasteiger partial charge on any atom is -0.493 e. The van der Waals surface area contributed by atoms with Gasteiger partial charge in [0.15, 0.2) is 34.6 Å². The van der Waals surface area contributed by atoms with Crippen molar-refractivity contribution >= 4 is 88.7 Å². The van der Waals surface area contributed by atoms with E-state index in [4.69, 9.17) is 37.9 Å². The quantitative estimate of drug-likeness (QED) is 0.0471. The highest BCUT2D eigenvalue weighted by Crippen LogP contribution is 2.60. The number of hydrogen-bond donors (Lipinski definition) is 2. The molecule has 14 atom stereocenters. The lowest BCUT2D eigenvalue weighted by Crippen LogP contribution is -2.48. The Hall–Kier alpha value is -8.82. The molecule has 4 aromatic rings. The second kappa shape index (κ2) is 34.0. The van der Waals surface area contributed by atoms with Gasteiger partial charge in [-0.25, -0.2) is 26.8 Å². The van der Waals surface area contributed by atoms with Crippen molar-refractivity contribution in [3.05, 3.63) is 73.1 Å². The first-order chi connectivity index (χ1) is 55.1. The first kappa shape index (κ1) is 90.0. The zero-order chi connectivity index (χ0) is 86.6. The Kier molecular flexibility index (Phi) is 25.9. The predicted octanol–water partition coefficient (Wildman–Crippen LogP) is 12.9. The van der Waals surface area contributed by atoms with Crippen LogP contribution in [0, 0.1) is 58.2 Å². The Morgan fingerprint density at radius 3 is 1.19 bits per heavy atom. The Morgan fingerprint density at radius 2 is 0.864 bits per heavy atom. The van der Waals surface area contributed by atoms with E-state index < -0.39 is 184 Å². The summed E-state index contributed by atoms with van der Waals surface area (Å²) in [5.41, 5.74) is -8.42. The molecule has 4 saturated carbocycles. The Bertz CT molecular complexity index is 4540. The zero-order valence-corrected chi connectivity index (χ0v) is 70.7. The molecule has 2 aromatic carbocycles. The summed E-state index contributed by atoms with van der Waals surface area (Å²) in [6.07, 6.45) is 2.34.